The predicted molar refractivity (Wildman–Crippen MR) is 96.5 cm³/mol. The van der Waals surface area contributed by atoms with Gasteiger partial charge < -0.3 is 14.7 Å². The molecule has 4 nitrogen and oxygen atoms in total. The van der Waals surface area contributed by atoms with Gasteiger partial charge in [0, 0.05) is 24.2 Å². The van der Waals surface area contributed by atoms with Crippen molar-refractivity contribution >= 4 is 5.91 Å². The molecule has 1 amide bonds. The number of piperidine rings is 1. The van der Waals surface area contributed by atoms with Gasteiger partial charge in [0.25, 0.3) is 5.91 Å². The highest BCUT2D eigenvalue weighted by atomic mass is 19.1. The van der Waals surface area contributed by atoms with Gasteiger partial charge in [-0.3, -0.25) is 4.79 Å². The van der Waals surface area contributed by atoms with Crippen molar-refractivity contribution in [1.82, 2.24) is 4.90 Å². The highest BCUT2D eigenvalue weighted by Gasteiger charge is 2.24. The average molecular weight is 356 g/mol. The van der Waals surface area contributed by atoms with Crippen LogP contribution in [0.3, 0.4) is 0 Å². The molecule has 1 aliphatic rings. The van der Waals surface area contributed by atoms with Crippen LogP contribution in [0, 0.1) is 17.7 Å². The minimum absolute atomic E-state index is 0.0455. The van der Waals surface area contributed by atoms with E-state index in [1.54, 1.807) is 18.2 Å². The van der Waals surface area contributed by atoms with Crippen LogP contribution in [0.15, 0.2) is 42.5 Å². The first-order chi connectivity index (χ1) is 13.7. The van der Waals surface area contributed by atoms with Gasteiger partial charge in [-0.15, -0.1) is 0 Å². The van der Waals surface area contributed by atoms with Gasteiger partial charge in [-0.05, 0) is 55.3 Å². The highest BCUT2D eigenvalue weighted by molar-refractivity contribution is 5.94. The Balaban J connectivity index is 1.70. The van der Waals surface area contributed by atoms with Crippen LogP contribution >= 0.6 is 0 Å². The Hall–Kier alpha value is -2.84. The van der Waals surface area contributed by atoms with Gasteiger partial charge in [-0.1, -0.05) is 11.8 Å². The van der Waals surface area contributed by atoms with Gasteiger partial charge in [0.2, 0.25) is 0 Å². The van der Waals surface area contributed by atoms with Gasteiger partial charge in [0.05, 0.1) is 22.8 Å². The van der Waals surface area contributed by atoms with Gasteiger partial charge in [-0.25, -0.2) is 4.39 Å². The van der Waals surface area contributed by atoms with E-state index in [9.17, 15) is 14.3 Å². The molecule has 1 aliphatic heterocycles. The number of rotatable bonds is 2. The van der Waals surface area contributed by atoms with Gasteiger partial charge >= 0.3 is 0 Å². The maximum absolute atomic E-state index is 14.4. The third-order valence-electron chi connectivity index (χ3n) is 4.21. The first-order valence-electron chi connectivity index (χ1n) is 9.79. The zero-order chi connectivity index (χ0) is 21.0. The topological polar surface area (TPSA) is 49.8 Å². The van der Waals surface area contributed by atoms with E-state index in [2.05, 4.69) is 11.8 Å². The summed E-state index contributed by atoms with van der Waals surface area (Å²) >= 11 is 0. The third kappa shape index (κ3) is 4.22. The molecule has 0 spiro atoms. The molecule has 3 rings (SSSR count). The Morgan fingerprint density at radius 3 is 2.69 bits per heavy atom. The first-order valence-corrected chi connectivity index (χ1v) is 8.29. The number of ether oxygens (including phenoxy) is 1. The van der Waals surface area contributed by atoms with Gasteiger partial charge in [-0.2, -0.15) is 0 Å². The smallest absolute Gasteiger partial charge is 0.256 e. The Morgan fingerprint density at radius 2 is 2.00 bits per heavy atom. The summed E-state index contributed by atoms with van der Waals surface area (Å²) in [5.74, 6) is 4.77. The molecule has 0 bridgehead atoms. The summed E-state index contributed by atoms with van der Waals surface area (Å²) in [6.07, 6.45) is 0.760. The van der Waals surface area contributed by atoms with Crippen LogP contribution < -0.4 is 4.74 Å². The van der Waals surface area contributed by atoms with E-state index >= 15 is 0 Å². The monoisotopic (exact) mass is 356 g/mol. The van der Waals surface area contributed by atoms with E-state index in [-0.39, 0.29) is 17.9 Å². The normalized spacial score (nSPS) is 18.8. The molecule has 1 saturated heterocycles. The summed E-state index contributed by atoms with van der Waals surface area (Å²) in [6.45, 7) is 0.708. The summed E-state index contributed by atoms with van der Waals surface area (Å²) in [7, 11) is -2.52. The summed E-state index contributed by atoms with van der Waals surface area (Å²) in [4.78, 5) is 13.9. The van der Waals surface area contributed by atoms with Crippen LogP contribution in [0.5, 0.6) is 5.75 Å². The van der Waals surface area contributed by atoms with Crippen molar-refractivity contribution in [3.63, 3.8) is 0 Å². The number of β-amino-alcohol motifs (C(OH)–C–C–N with tert-alkyl or cyclic N) is 1. The molecule has 26 heavy (non-hydrogen) atoms. The minimum atomic E-state index is -2.52. The molecular formula is C21H20FNO3. The molecule has 2 aromatic carbocycles. The number of carbonyl (C=O) groups is 1. The lowest BCUT2D eigenvalue weighted by Crippen LogP contribution is -2.42. The zero-order valence-corrected chi connectivity index (χ0v) is 14.0. The second-order valence-electron chi connectivity index (χ2n) is 6.12. The van der Waals surface area contributed by atoms with E-state index in [4.69, 9.17) is 8.85 Å². The number of halogens is 1. The molecule has 0 aliphatic carbocycles. The Morgan fingerprint density at radius 1 is 1.27 bits per heavy atom. The average Bonchev–Trinajstić information content (AvgIpc) is 2.66. The van der Waals surface area contributed by atoms with E-state index in [1.807, 2.05) is 0 Å². The molecule has 5 heteroatoms. The lowest BCUT2D eigenvalue weighted by Gasteiger charge is -2.30. The van der Waals surface area contributed by atoms with Crippen molar-refractivity contribution in [3.05, 3.63) is 65.0 Å². The molecular weight excluding hydrogens is 333 g/mol. The number of hydrogen-bond donors (Lipinski definition) is 1. The quantitative estimate of drug-likeness (QED) is 0.842. The van der Waals surface area contributed by atoms with Crippen molar-refractivity contribution in [2.75, 3.05) is 20.1 Å². The fourth-order valence-electron chi connectivity index (χ4n) is 2.83. The van der Waals surface area contributed by atoms with Crippen LogP contribution in [-0.2, 0) is 0 Å². The lowest BCUT2D eigenvalue weighted by atomic mass is 10.1. The van der Waals surface area contributed by atoms with E-state index < -0.39 is 24.9 Å². The minimum Gasteiger partial charge on any atom is -0.497 e. The molecule has 134 valence electrons. The maximum Gasteiger partial charge on any atom is 0.256 e. The fraction of sp³-hybridized carbons (Fsp3) is 0.286. The standard InChI is InChI=1S/C21H20FNO3/c1-26-18-9-6-15(7-10-18)4-5-16-8-11-19(20(22)13-16)21(25)23-12-2-3-17(24)14-23/h6-11,13,17,24H,2-3,12,14H2,1H3/t17-/m1/s1/i1D3. The molecule has 0 saturated carbocycles. The van der Waals surface area contributed by atoms with Crippen LogP contribution in [-0.4, -0.2) is 42.1 Å². The van der Waals surface area contributed by atoms with Crippen molar-refractivity contribution in [3.8, 4) is 17.6 Å². The van der Waals surface area contributed by atoms with Crippen LogP contribution in [0.4, 0.5) is 4.39 Å². The summed E-state index contributed by atoms with van der Waals surface area (Å²) in [5, 5.41) is 9.70. The van der Waals surface area contributed by atoms with Gasteiger partial charge in [0.1, 0.15) is 11.6 Å². The number of amides is 1. The number of carbonyl (C=O) groups excluding carboxylic acids is 1. The molecule has 1 heterocycles. The first kappa shape index (κ1) is 14.3. The van der Waals surface area contributed by atoms with Gasteiger partial charge in [0.15, 0.2) is 0 Å². The Labute approximate surface area is 156 Å². The zero-order valence-electron chi connectivity index (χ0n) is 17.0. The molecule has 2 aromatic rings. The molecule has 1 atom stereocenters. The maximum atomic E-state index is 14.4. The van der Waals surface area contributed by atoms with Crippen LogP contribution in [0.1, 0.15) is 38.4 Å². The van der Waals surface area contributed by atoms with Crippen molar-refractivity contribution in [2.24, 2.45) is 0 Å². The number of aliphatic hydroxyl groups is 1. The summed E-state index contributed by atoms with van der Waals surface area (Å²) in [5.41, 5.74) is 0.960. The SMILES string of the molecule is [2H]C([2H])([2H])Oc1ccc(C#Cc2ccc(C(=O)N3CCC[C@@H](O)C3)c(F)c2)cc1. The number of likely N-dealkylation sites (tertiary alicyclic amines) is 1. The van der Waals surface area contributed by atoms with Crippen LogP contribution in [0.2, 0.25) is 0 Å². The number of methoxy groups -OCH3 is 1. The fourth-order valence-corrected chi connectivity index (χ4v) is 2.83. The predicted octanol–water partition coefficient (Wildman–Crippen LogP) is 2.83. The Bertz CT molecular complexity index is 948. The molecule has 1 N–H and O–H groups in total. The third-order valence-corrected chi connectivity index (χ3v) is 4.21. The number of nitrogens with zero attached hydrogens (tertiary/aromatic N) is 1. The number of benzene rings is 2. The largest absolute Gasteiger partial charge is 0.497 e. The highest BCUT2D eigenvalue weighted by Crippen LogP contribution is 2.17. The van der Waals surface area contributed by atoms with Crippen molar-refractivity contribution in [1.29, 1.82) is 0 Å². The Kier molecular flexibility index (Phi) is 4.43. The molecule has 0 unspecified atom stereocenters. The summed E-state index contributed by atoms with van der Waals surface area (Å²) in [6, 6.07) is 10.4. The molecule has 1 fully saturated rings. The second kappa shape index (κ2) is 8.03. The molecule has 0 aromatic heterocycles. The molecule has 0 radical (unpaired) electrons. The lowest BCUT2D eigenvalue weighted by molar-refractivity contribution is 0.0470. The van der Waals surface area contributed by atoms with E-state index in [1.165, 1.54) is 29.2 Å². The van der Waals surface area contributed by atoms with E-state index in [0.717, 1.165) is 0 Å². The van der Waals surface area contributed by atoms with Crippen LogP contribution in [0.25, 0.3) is 0 Å². The number of aliphatic hydroxyl groups excluding tert-OH is 1. The van der Waals surface area contributed by atoms with Crippen molar-refractivity contribution in [2.45, 2.75) is 18.9 Å². The second-order valence-corrected chi connectivity index (χ2v) is 6.12. The number of hydrogen-bond acceptors (Lipinski definition) is 3. The van der Waals surface area contributed by atoms with Crippen molar-refractivity contribution < 1.29 is 23.1 Å². The summed E-state index contributed by atoms with van der Waals surface area (Å²) < 4.78 is 40.4. The van der Waals surface area contributed by atoms with E-state index in [0.29, 0.717) is 30.5 Å².